The van der Waals surface area contributed by atoms with Gasteiger partial charge in [-0.05, 0) is 31.4 Å². The standard InChI is InChI=1S/C14H16F3N5/c15-14(16,17)12-5-7-18-13(20-12)22-9-2-1-4-11(22)10-21-8-3-6-19-21/h3,5-8,11H,1-2,4,9-10H2/t11-/m1/s1. The number of piperidine rings is 1. The number of hydrogen-bond donors (Lipinski definition) is 0. The van der Waals surface area contributed by atoms with Crippen molar-refractivity contribution in [2.45, 2.75) is 38.0 Å². The van der Waals surface area contributed by atoms with E-state index in [1.54, 1.807) is 10.9 Å². The summed E-state index contributed by atoms with van der Waals surface area (Å²) in [7, 11) is 0. The predicted octanol–water partition coefficient (Wildman–Crippen LogP) is 2.75. The highest BCUT2D eigenvalue weighted by molar-refractivity contribution is 5.33. The lowest BCUT2D eigenvalue weighted by molar-refractivity contribution is -0.141. The van der Waals surface area contributed by atoms with Gasteiger partial charge in [-0.3, -0.25) is 4.68 Å². The van der Waals surface area contributed by atoms with Gasteiger partial charge >= 0.3 is 6.18 Å². The molecule has 3 rings (SSSR count). The topological polar surface area (TPSA) is 46.8 Å². The Morgan fingerprint density at radius 2 is 2.09 bits per heavy atom. The smallest absolute Gasteiger partial charge is 0.336 e. The summed E-state index contributed by atoms with van der Waals surface area (Å²) in [6, 6.07) is 2.78. The molecule has 22 heavy (non-hydrogen) atoms. The molecule has 5 nitrogen and oxygen atoms in total. The molecule has 0 aromatic carbocycles. The van der Waals surface area contributed by atoms with Gasteiger partial charge in [0.2, 0.25) is 5.95 Å². The van der Waals surface area contributed by atoms with Crippen molar-refractivity contribution in [3.05, 3.63) is 36.4 Å². The monoisotopic (exact) mass is 311 g/mol. The zero-order valence-electron chi connectivity index (χ0n) is 11.9. The maximum atomic E-state index is 12.8. The fourth-order valence-corrected chi connectivity index (χ4v) is 2.72. The molecule has 1 saturated heterocycles. The van der Waals surface area contributed by atoms with Crippen molar-refractivity contribution in [3.8, 4) is 0 Å². The molecule has 8 heteroatoms. The lowest BCUT2D eigenvalue weighted by Crippen LogP contribution is -2.43. The second-order valence-electron chi connectivity index (χ2n) is 5.31. The van der Waals surface area contributed by atoms with Crippen LogP contribution >= 0.6 is 0 Å². The average Bonchev–Trinajstić information content (AvgIpc) is 3.00. The van der Waals surface area contributed by atoms with Gasteiger partial charge in [-0.25, -0.2) is 9.97 Å². The van der Waals surface area contributed by atoms with Crippen LogP contribution in [0.2, 0.25) is 0 Å². The van der Waals surface area contributed by atoms with Gasteiger partial charge in [-0.15, -0.1) is 0 Å². The van der Waals surface area contributed by atoms with Gasteiger partial charge in [-0.1, -0.05) is 0 Å². The molecule has 1 aliphatic rings. The zero-order valence-corrected chi connectivity index (χ0v) is 11.9. The Morgan fingerprint density at radius 3 is 2.82 bits per heavy atom. The van der Waals surface area contributed by atoms with E-state index in [0.29, 0.717) is 13.1 Å². The summed E-state index contributed by atoms with van der Waals surface area (Å²) in [5.41, 5.74) is -0.902. The first-order valence-electron chi connectivity index (χ1n) is 7.18. The number of anilines is 1. The summed E-state index contributed by atoms with van der Waals surface area (Å²) >= 11 is 0. The Kier molecular flexibility index (Phi) is 4.00. The number of rotatable bonds is 3. The van der Waals surface area contributed by atoms with Crippen LogP contribution in [-0.2, 0) is 12.7 Å². The normalized spacial score (nSPS) is 19.4. The number of halogens is 3. The van der Waals surface area contributed by atoms with E-state index >= 15 is 0 Å². The van der Waals surface area contributed by atoms with Crippen LogP contribution in [0.4, 0.5) is 19.1 Å². The third kappa shape index (κ3) is 3.20. The van der Waals surface area contributed by atoms with Crippen LogP contribution in [0.1, 0.15) is 25.0 Å². The first-order chi connectivity index (χ1) is 10.5. The number of nitrogens with zero attached hydrogens (tertiary/aromatic N) is 5. The van der Waals surface area contributed by atoms with E-state index in [4.69, 9.17) is 0 Å². The summed E-state index contributed by atoms with van der Waals surface area (Å²) in [5.74, 6) is 0.145. The van der Waals surface area contributed by atoms with Crippen LogP contribution in [0.15, 0.2) is 30.7 Å². The van der Waals surface area contributed by atoms with Gasteiger partial charge in [0.05, 0.1) is 12.6 Å². The fraction of sp³-hybridized carbons (Fsp3) is 0.500. The SMILES string of the molecule is FC(F)(F)c1ccnc(N2CCCC[C@@H]2Cn2cccn2)n1. The highest BCUT2D eigenvalue weighted by Gasteiger charge is 2.34. The van der Waals surface area contributed by atoms with E-state index in [-0.39, 0.29) is 12.0 Å². The van der Waals surface area contributed by atoms with Crippen molar-refractivity contribution >= 4 is 5.95 Å². The van der Waals surface area contributed by atoms with Crippen molar-refractivity contribution < 1.29 is 13.2 Å². The molecule has 0 unspecified atom stereocenters. The van der Waals surface area contributed by atoms with Crippen molar-refractivity contribution in [1.29, 1.82) is 0 Å². The lowest BCUT2D eigenvalue weighted by atomic mass is 10.0. The highest BCUT2D eigenvalue weighted by atomic mass is 19.4. The van der Waals surface area contributed by atoms with Crippen LogP contribution in [0.3, 0.4) is 0 Å². The molecule has 0 aliphatic carbocycles. The summed E-state index contributed by atoms with van der Waals surface area (Å²) < 4.78 is 40.2. The summed E-state index contributed by atoms with van der Waals surface area (Å²) in [6.07, 6.45) is 3.11. The molecule has 2 aromatic heterocycles. The van der Waals surface area contributed by atoms with E-state index < -0.39 is 11.9 Å². The summed E-state index contributed by atoms with van der Waals surface area (Å²) in [5, 5.41) is 4.16. The fourth-order valence-electron chi connectivity index (χ4n) is 2.72. The van der Waals surface area contributed by atoms with E-state index in [2.05, 4.69) is 15.1 Å². The minimum atomic E-state index is -4.45. The van der Waals surface area contributed by atoms with E-state index in [1.807, 2.05) is 17.2 Å². The lowest BCUT2D eigenvalue weighted by Gasteiger charge is -2.35. The Bertz CT molecular complexity index is 611. The molecule has 0 saturated carbocycles. The average molecular weight is 311 g/mol. The van der Waals surface area contributed by atoms with Crippen molar-refractivity contribution in [2.75, 3.05) is 11.4 Å². The molecule has 0 radical (unpaired) electrons. The zero-order chi connectivity index (χ0) is 15.6. The van der Waals surface area contributed by atoms with E-state index in [0.717, 1.165) is 25.3 Å². The third-order valence-corrected chi connectivity index (χ3v) is 3.77. The van der Waals surface area contributed by atoms with Crippen LogP contribution in [0.25, 0.3) is 0 Å². The van der Waals surface area contributed by atoms with E-state index in [9.17, 15) is 13.2 Å². The highest BCUT2D eigenvalue weighted by Crippen LogP contribution is 2.29. The largest absolute Gasteiger partial charge is 0.433 e. The second kappa shape index (κ2) is 5.94. The molecule has 1 fully saturated rings. The molecule has 3 heterocycles. The first-order valence-corrected chi connectivity index (χ1v) is 7.18. The minimum Gasteiger partial charge on any atom is -0.336 e. The minimum absolute atomic E-state index is 0.0529. The molecule has 118 valence electrons. The van der Waals surface area contributed by atoms with Gasteiger partial charge in [0, 0.05) is 25.1 Å². The second-order valence-corrected chi connectivity index (χ2v) is 5.31. The van der Waals surface area contributed by atoms with Crippen molar-refractivity contribution in [3.63, 3.8) is 0 Å². The number of aromatic nitrogens is 4. The Morgan fingerprint density at radius 1 is 1.23 bits per heavy atom. The number of hydrogen-bond acceptors (Lipinski definition) is 4. The van der Waals surface area contributed by atoms with Crippen LogP contribution < -0.4 is 4.90 Å². The molecular formula is C14H16F3N5. The van der Waals surface area contributed by atoms with Gasteiger partial charge in [0.25, 0.3) is 0 Å². The predicted molar refractivity (Wildman–Crippen MR) is 74.2 cm³/mol. The summed E-state index contributed by atoms with van der Waals surface area (Å²) in [4.78, 5) is 9.61. The van der Waals surface area contributed by atoms with Gasteiger partial charge in [0.1, 0.15) is 5.69 Å². The molecule has 1 aliphatic heterocycles. The Balaban J connectivity index is 1.84. The van der Waals surface area contributed by atoms with Crippen LogP contribution in [0, 0.1) is 0 Å². The quantitative estimate of drug-likeness (QED) is 0.874. The van der Waals surface area contributed by atoms with Crippen molar-refractivity contribution in [1.82, 2.24) is 19.7 Å². The molecular weight excluding hydrogens is 295 g/mol. The van der Waals surface area contributed by atoms with E-state index in [1.165, 1.54) is 6.20 Å². The van der Waals surface area contributed by atoms with Gasteiger partial charge in [-0.2, -0.15) is 18.3 Å². The number of alkyl halides is 3. The Hall–Kier alpha value is -2.12. The van der Waals surface area contributed by atoms with Crippen LogP contribution in [0.5, 0.6) is 0 Å². The molecule has 2 aromatic rings. The van der Waals surface area contributed by atoms with Crippen LogP contribution in [-0.4, -0.2) is 32.3 Å². The molecule has 1 atom stereocenters. The third-order valence-electron chi connectivity index (χ3n) is 3.77. The molecule has 0 bridgehead atoms. The molecule has 0 amide bonds. The first kappa shape index (κ1) is 14.8. The van der Waals surface area contributed by atoms with Crippen molar-refractivity contribution in [2.24, 2.45) is 0 Å². The van der Waals surface area contributed by atoms with Gasteiger partial charge < -0.3 is 4.90 Å². The summed E-state index contributed by atoms with van der Waals surface area (Å²) in [6.45, 7) is 1.28. The molecule has 0 N–H and O–H groups in total. The molecule has 0 spiro atoms. The maximum absolute atomic E-state index is 12.8. The maximum Gasteiger partial charge on any atom is 0.433 e. The Labute approximate surface area is 125 Å². The van der Waals surface area contributed by atoms with Gasteiger partial charge in [0.15, 0.2) is 0 Å².